The summed E-state index contributed by atoms with van der Waals surface area (Å²) in [7, 11) is -2.37. The van der Waals surface area contributed by atoms with Crippen molar-refractivity contribution < 1.29 is 16.8 Å². The highest BCUT2D eigenvalue weighted by Crippen LogP contribution is 2.35. The van der Waals surface area contributed by atoms with Gasteiger partial charge in [-0.3, -0.25) is 0 Å². The molecule has 0 fully saturated rings. The standard InChI is InChI=1S/C14H14ClNO4S3/c1-10-2-4-11(5-3-10)23(19,20)16-8-14(22(15,17)18)12-6-7-21-9-13(12)16/h2-5,8H,6-7,9H2,1H3. The lowest BCUT2D eigenvalue weighted by molar-refractivity contribution is 0.586. The first-order valence-electron chi connectivity index (χ1n) is 6.79. The van der Waals surface area contributed by atoms with Crippen molar-refractivity contribution in [3.05, 3.63) is 47.3 Å². The Morgan fingerprint density at radius 3 is 2.39 bits per heavy atom. The fourth-order valence-corrected chi connectivity index (χ4v) is 6.26. The Morgan fingerprint density at radius 2 is 1.78 bits per heavy atom. The zero-order chi connectivity index (χ0) is 16.8. The van der Waals surface area contributed by atoms with Crippen LogP contribution in [0.5, 0.6) is 0 Å². The van der Waals surface area contributed by atoms with Gasteiger partial charge in [0, 0.05) is 28.3 Å². The molecule has 1 aromatic heterocycles. The van der Waals surface area contributed by atoms with Gasteiger partial charge in [0.1, 0.15) is 4.90 Å². The van der Waals surface area contributed by atoms with Crippen LogP contribution in [0.15, 0.2) is 40.3 Å². The molecule has 23 heavy (non-hydrogen) atoms. The van der Waals surface area contributed by atoms with Gasteiger partial charge in [0.25, 0.3) is 19.1 Å². The van der Waals surface area contributed by atoms with E-state index in [1.807, 2.05) is 6.92 Å². The van der Waals surface area contributed by atoms with Crippen molar-refractivity contribution in [1.82, 2.24) is 3.97 Å². The van der Waals surface area contributed by atoms with Gasteiger partial charge < -0.3 is 0 Å². The number of rotatable bonds is 3. The summed E-state index contributed by atoms with van der Waals surface area (Å²) in [5.41, 5.74) is 1.94. The van der Waals surface area contributed by atoms with Crippen molar-refractivity contribution in [3.8, 4) is 0 Å². The number of nitrogens with zero attached hydrogens (tertiary/aromatic N) is 1. The van der Waals surface area contributed by atoms with E-state index in [0.717, 1.165) is 21.5 Å². The second-order valence-corrected chi connectivity index (χ2v) is 10.7. The molecule has 0 saturated carbocycles. The van der Waals surface area contributed by atoms with E-state index in [1.54, 1.807) is 23.9 Å². The molecule has 0 amide bonds. The zero-order valence-electron chi connectivity index (χ0n) is 12.2. The summed E-state index contributed by atoms with van der Waals surface area (Å²) in [6.45, 7) is 1.86. The third-order valence-corrected chi connectivity index (χ3v) is 7.78. The highest BCUT2D eigenvalue weighted by Gasteiger charge is 2.30. The van der Waals surface area contributed by atoms with Gasteiger partial charge in [-0.15, -0.1) is 0 Å². The highest BCUT2D eigenvalue weighted by atomic mass is 35.7. The summed E-state index contributed by atoms with van der Waals surface area (Å²) in [6.07, 6.45) is 1.62. The lowest BCUT2D eigenvalue weighted by Gasteiger charge is -2.15. The van der Waals surface area contributed by atoms with E-state index in [-0.39, 0.29) is 9.79 Å². The molecule has 2 aromatic rings. The van der Waals surface area contributed by atoms with E-state index in [9.17, 15) is 16.8 Å². The number of fused-ring (bicyclic) bond motifs is 1. The molecule has 0 N–H and O–H groups in total. The number of thioether (sulfide) groups is 1. The third-order valence-electron chi connectivity index (χ3n) is 3.72. The van der Waals surface area contributed by atoms with Gasteiger partial charge in [0.05, 0.1) is 4.90 Å². The molecule has 0 atom stereocenters. The molecule has 1 aliphatic heterocycles. The molecule has 0 aliphatic carbocycles. The maximum Gasteiger partial charge on any atom is 0.267 e. The van der Waals surface area contributed by atoms with Crippen LogP contribution in [0.4, 0.5) is 0 Å². The van der Waals surface area contributed by atoms with Crippen LogP contribution in [-0.4, -0.2) is 26.6 Å². The normalized spacial score (nSPS) is 15.4. The Hall–Kier alpha value is -0.960. The molecule has 0 spiro atoms. The fraction of sp³-hybridized carbons (Fsp3) is 0.286. The number of halogens is 1. The molecule has 0 bridgehead atoms. The Bertz CT molecular complexity index is 960. The Kier molecular flexibility index (Phi) is 4.29. The lowest BCUT2D eigenvalue weighted by Crippen LogP contribution is -2.16. The summed E-state index contributed by atoms with van der Waals surface area (Å²) in [6, 6.07) is 6.44. The van der Waals surface area contributed by atoms with Gasteiger partial charge in [0.15, 0.2) is 0 Å². The monoisotopic (exact) mass is 391 g/mol. The molecule has 0 radical (unpaired) electrons. The fourth-order valence-electron chi connectivity index (χ4n) is 2.55. The second-order valence-electron chi connectivity index (χ2n) is 5.27. The van der Waals surface area contributed by atoms with E-state index >= 15 is 0 Å². The van der Waals surface area contributed by atoms with Crippen LogP contribution in [0.25, 0.3) is 0 Å². The van der Waals surface area contributed by atoms with E-state index in [0.29, 0.717) is 23.4 Å². The molecule has 1 aliphatic rings. The van der Waals surface area contributed by atoms with Crippen molar-refractivity contribution in [1.29, 1.82) is 0 Å². The van der Waals surface area contributed by atoms with Crippen molar-refractivity contribution in [2.24, 2.45) is 0 Å². The van der Waals surface area contributed by atoms with E-state index < -0.39 is 19.1 Å². The van der Waals surface area contributed by atoms with Crippen LogP contribution in [0.2, 0.25) is 0 Å². The van der Waals surface area contributed by atoms with Crippen LogP contribution in [-0.2, 0) is 31.2 Å². The maximum absolute atomic E-state index is 12.9. The summed E-state index contributed by atoms with van der Waals surface area (Å²) in [5.74, 6) is 1.17. The van der Waals surface area contributed by atoms with Crippen molar-refractivity contribution in [2.45, 2.75) is 28.9 Å². The van der Waals surface area contributed by atoms with Gasteiger partial charge >= 0.3 is 0 Å². The van der Waals surface area contributed by atoms with Gasteiger partial charge in [0.2, 0.25) is 0 Å². The number of aromatic nitrogens is 1. The predicted octanol–water partition coefficient (Wildman–Crippen LogP) is 2.75. The third kappa shape index (κ3) is 3.05. The first-order valence-corrected chi connectivity index (χ1v) is 11.7. The minimum Gasteiger partial charge on any atom is -0.243 e. The van der Waals surface area contributed by atoms with Gasteiger partial charge in [-0.05, 0) is 36.8 Å². The minimum atomic E-state index is -3.99. The van der Waals surface area contributed by atoms with Gasteiger partial charge in [-0.25, -0.2) is 20.8 Å². The van der Waals surface area contributed by atoms with Gasteiger partial charge in [-0.1, -0.05) is 17.7 Å². The average Bonchev–Trinajstić information content (AvgIpc) is 2.88. The van der Waals surface area contributed by atoms with Gasteiger partial charge in [-0.2, -0.15) is 11.8 Å². The number of benzene rings is 1. The minimum absolute atomic E-state index is 0.106. The molecule has 5 nitrogen and oxygen atoms in total. The molecule has 124 valence electrons. The number of hydrogen-bond donors (Lipinski definition) is 0. The first kappa shape index (κ1) is 16.9. The number of hydrogen-bond acceptors (Lipinski definition) is 5. The smallest absolute Gasteiger partial charge is 0.243 e. The Morgan fingerprint density at radius 1 is 1.13 bits per heavy atom. The highest BCUT2D eigenvalue weighted by molar-refractivity contribution is 8.13. The Balaban J connectivity index is 2.24. The first-order chi connectivity index (χ1) is 10.7. The van der Waals surface area contributed by atoms with Crippen LogP contribution in [0.3, 0.4) is 0 Å². The van der Waals surface area contributed by atoms with Crippen LogP contribution >= 0.6 is 22.4 Å². The predicted molar refractivity (Wildman–Crippen MR) is 91.1 cm³/mol. The molecule has 9 heteroatoms. The maximum atomic E-state index is 12.9. The van der Waals surface area contributed by atoms with Crippen molar-refractivity contribution in [2.75, 3.05) is 5.75 Å². The molecular weight excluding hydrogens is 378 g/mol. The van der Waals surface area contributed by atoms with Crippen molar-refractivity contribution >= 4 is 41.5 Å². The largest absolute Gasteiger partial charge is 0.267 e. The number of aryl methyl sites for hydroxylation is 1. The average molecular weight is 392 g/mol. The van der Waals surface area contributed by atoms with Crippen LogP contribution in [0, 0.1) is 6.92 Å². The summed E-state index contributed by atoms with van der Waals surface area (Å²) >= 11 is 1.57. The molecule has 0 saturated heterocycles. The topological polar surface area (TPSA) is 73.2 Å². The summed E-state index contributed by atoms with van der Waals surface area (Å²) in [4.78, 5) is 0.0140. The molecule has 3 rings (SSSR count). The molecule has 2 heterocycles. The Labute approximate surface area is 144 Å². The molecular formula is C14H14ClNO4S3. The molecule has 1 aromatic carbocycles. The quantitative estimate of drug-likeness (QED) is 0.752. The zero-order valence-corrected chi connectivity index (χ0v) is 15.4. The van der Waals surface area contributed by atoms with E-state index in [2.05, 4.69) is 0 Å². The van der Waals surface area contributed by atoms with E-state index in [1.165, 1.54) is 12.1 Å². The summed E-state index contributed by atoms with van der Waals surface area (Å²) in [5, 5.41) is 0. The van der Waals surface area contributed by atoms with Crippen LogP contribution in [0.1, 0.15) is 16.8 Å². The molecule has 0 unspecified atom stereocenters. The van der Waals surface area contributed by atoms with E-state index in [4.69, 9.17) is 10.7 Å². The van der Waals surface area contributed by atoms with Crippen LogP contribution < -0.4 is 0 Å². The SMILES string of the molecule is Cc1ccc(S(=O)(=O)n2cc(S(=O)(=O)Cl)c3c2CSCC3)cc1. The summed E-state index contributed by atoms with van der Waals surface area (Å²) < 4.78 is 50.4. The lowest BCUT2D eigenvalue weighted by atomic mass is 10.2. The van der Waals surface area contributed by atoms with Crippen molar-refractivity contribution in [3.63, 3.8) is 0 Å². The second kappa shape index (κ2) is 5.84.